The van der Waals surface area contributed by atoms with Gasteiger partial charge in [-0.15, -0.1) is 11.3 Å². The normalized spacial score (nSPS) is 19.2. The number of carbonyl (C=O) groups is 2. The number of benzene rings is 1. The van der Waals surface area contributed by atoms with E-state index in [0.717, 1.165) is 10.1 Å². The Bertz CT molecular complexity index is 1020. The predicted molar refractivity (Wildman–Crippen MR) is 104 cm³/mol. The summed E-state index contributed by atoms with van der Waals surface area (Å²) in [6.45, 7) is 2.33. The number of fused-ring (bicyclic) bond motifs is 1. The summed E-state index contributed by atoms with van der Waals surface area (Å²) < 4.78 is 1.06. The molecule has 0 aliphatic carbocycles. The summed E-state index contributed by atoms with van der Waals surface area (Å²) in [5.74, 6) is 0.000752. The van der Waals surface area contributed by atoms with Gasteiger partial charge in [0.1, 0.15) is 11.4 Å². The second-order valence-corrected chi connectivity index (χ2v) is 7.79. The fourth-order valence-electron chi connectivity index (χ4n) is 3.13. The summed E-state index contributed by atoms with van der Waals surface area (Å²) in [5.41, 5.74) is -0.255. The number of thiophene rings is 1. The van der Waals surface area contributed by atoms with Gasteiger partial charge in [-0.3, -0.25) is 9.59 Å². The Morgan fingerprint density at radius 1 is 1.31 bits per heavy atom. The molecule has 0 saturated carbocycles. The van der Waals surface area contributed by atoms with E-state index in [9.17, 15) is 9.59 Å². The summed E-state index contributed by atoms with van der Waals surface area (Å²) >= 11 is 7.47. The lowest BCUT2D eigenvalue weighted by atomic mass is 9.84. The maximum Gasteiger partial charge on any atom is 0.256 e. The van der Waals surface area contributed by atoms with Gasteiger partial charge in [0.25, 0.3) is 11.8 Å². The predicted octanol–water partition coefficient (Wildman–Crippen LogP) is 4.19. The molecule has 1 unspecified atom stereocenters. The van der Waals surface area contributed by atoms with Gasteiger partial charge in [0.2, 0.25) is 0 Å². The van der Waals surface area contributed by atoms with Crippen molar-refractivity contribution in [3.8, 4) is 0 Å². The first-order valence-corrected chi connectivity index (χ1v) is 9.46. The number of amides is 2. The van der Waals surface area contributed by atoms with Crippen molar-refractivity contribution in [1.82, 2.24) is 9.88 Å². The highest BCUT2D eigenvalue weighted by molar-refractivity contribution is 7.17. The van der Waals surface area contributed by atoms with Gasteiger partial charge in [-0.25, -0.2) is 4.98 Å². The van der Waals surface area contributed by atoms with Crippen molar-refractivity contribution in [3.05, 3.63) is 58.6 Å². The number of pyridine rings is 1. The molecule has 1 aliphatic rings. The molecule has 132 valence electrons. The molecule has 1 fully saturated rings. The van der Waals surface area contributed by atoms with Crippen molar-refractivity contribution < 1.29 is 9.59 Å². The molecule has 4 rings (SSSR count). The van der Waals surface area contributed by atoms with Crippen LogP contribution in [0.1, 0.15) is 23.7 Å². The maximum absolute atomic E-state index is 13.0. The van der Waals surface area contributed by atoms with Crippen LogP contribution >= 0.6 is 22.9 Å². The zero-order chi connectivity index (χ0) is 18.3. The van der Waals surface area contributed by atoms with E-state index in [4.69, 9.17) is 11.6 Å². The molecule has 0 radical (unpaired) electrons. The minimum Gasteiger partial charge on any atom is -0.324 e. The molecular weight excluding hydrogens is 370 g/mol. The Balaban J connectivity index is 1.57. The Hall–Kier alpha value is -2.44. The summed E-state index contributed by atoms with van der Waals surface area (Å²) in [4.78, 5) is 31.6. The standard InChI is InChI=1S/C19H16ClN3O2S/c1-19(18(25)22-16-10-12(20)6-8-21-16)7-9-23(19)17(24)14-11-26-15-5-3-2-4-13(14)15/h2-6,8,10-11H,7,9H2,1H3,(H,21,22,25). The molecule has 1 saturated heterocycles. The molecule has 5 nitrogen and oxygen atoms in total. The Morgan fingerprint density at radius 2 is 2.12 bits per heavy atom. The second kappa shape index (κ2) is 6.37. The minimum absolute atomic E-state index is 0.120. The van der Waals surface area contributed by atoms with Crippen LogP contribution in [0.25, 0.3) is 10.1 Å². The van der Waals surface area contributed by atoms with Crippen LogP contribution in [0.4, 0.5) is 5.82 Å². The number of likely N-dealkylation sites (tertiary alicyclic amines) is 1. The molecule has 2 amide bonds. The summed E-state index contributed by atoms with van der Waals surface area (Å²) in [6.07, 6.45) is 2.13. The lowest BCUT2D eigenvalue weighted by Gasteiger charge is -2.48. The average Bonchev–Trinajstić information content (AvgIpc) is 3.04. The quantitative estimate of drug-likeness (QED) is 0.735. The first kappa shape index (κ1) is 17.0. The van der Waals surface area contributed by atoms with Crippen molar-refractivity contribution in [1.29, 1.82) is 0 Å². The number of nitrogens with one attached hydrogen (secondary N) is 1. The van der Waals surface area contributed by atoms with Crippen molar-refractivity contribution in [2.45, 2.75) is 18.9 Å². The van der Waals surface area contributed by atoms with Crippen LogP contribution in [0.5, 0.6) is 0 Å². The third kappa shape index (κ3) is 2.75. The highest BCUT2D eigenvalue weighted by Gasteiger charge is 2.50. The average molecular weight is 386 g/mol. The van der Waals surface area contributed by atoms with Crippen LogP contribution in [0.3, 0.4) is 0 Å². The van der Waals surface area contributed by atoms with Crippen LogP contribution in [-0.2, 0) is 4.79 Å². The molecule has 3 aromatic rings. The van der Waals surface area contributed by atoms with Crippen LogP contribution in [0.2, 0.25) is 5.02 Å². The van der Waals surface area contributed by atoms with E-state index in [1.807, 2.05) is 29.6 Å². The molecule has 7 heteroatoms. The van der Waals surface area contributed by atoms with Crippen LogP contribution in [0.15, 0.2) is 48.0 Å². The van der Waals surface area contributed by atoms with Crippen molar-refractivity contribution in [2.24, 2.45) is 0 Å². The third-order valence-electron chi connectivity index (χ3n) is 4.83. The fraction of sp³-hybridized carbons (Fsp3) is 0.211. The second-order valence-electron chi connectivity index (χ2n) is 6.44. The topological polar surface area (TPSA) is 62.3 Å². The first-order chi connectivity index (χ1) is 12.5. The van der Waals surface area contributed by atoms with Gasteiger partial charge in [0.05, 0.1) is 5.56 Å². The van der Waals surface area contributed by atoms with E-state index in [1.54, 1.807) is 24.0 Å². The van der Waals surface area contributed by atoms with Gasteiger partial charge in [-0.1, -0.05) is 29.8 Å². The van der Waals surface area contributed by atoms with Crippen molar-refractivity contribution >= 4 is 50.7 Å². The molecular formula is C19H16ClN3O2S. The van der Waals surface area contributed by atoms with E-state index in [2.05, 4.69) is 10.3 Å². The zero-order valence-electron chi connectivity index (χ0n) is 14.0. The summed E-state index contributed by atoms with van der Waals surface area (Å²) in [7, 11) is 0. The Kier molecular flexibility index (Phi) is 4.17. The monoisotopic (exact) mass is 385 g/mol. The number of rotatable bonds is 3. The van der Waals surface area contributed by atoms with E-state index in [-0.39, 0.29) is 11.8 Å². The number of hydrogen-bond acceptors (Lipinski definition) is 4. The van der Waals surface area contributed by atoms with Crippen LogP contribution in [0, 0.1) is 0 Å². The van der Waals surface area contributed by atoms with Gasteiger partial charge in [-0.05, 0) is 31.5 Å². The molecule has 2 aromatic heterocycles. The SMILES string of the molecule is CC1(C(=O)Nc2cc(Cl)ccn2)CCN1C(=O)c1csc2ccccc12. The van der Waals surface area contributed by atoms with E-state index in [0.29, 0.717) is 29.4 Å². The van der Waals surface area contributed by atoms with E-state index >= 15 is 0 Å². The molecule has 1 atom stereocenters. The largest absolute Gasteiger partial charge is 0.324 e. The van der Waals surface area contributed by atoms with Crippen molar-refractivity contribution in [2.75, 3.05) is 11.9 Å². The number of hydrogen-bond donors (Lipinski definition) is 1. The van der Waals surface area contributed by atoms with Crippen LogP contribution in [-0.4, -0.2) is 33.8 Å². The maximum atomic E-state index is 13.0. The lowest BCUT2D eigenvalue weighted by Crippen LogP contribution is -2.66. The van der Waals surface area contributed by atoms with Gasteiger partial charge >= 0.3 is 0 Å². The highest BCUT2D eigenvalue weighted by Crippen LogP contribution is 2.35. The first-order valence-electron chi connectivity index (χ1n) is 8.20. The van der Waals surface area contributed by atoms with Gasteiger partial charge in [-0.2, -0.15) is 0 Å². The number of halogens is 1. The Labute approximate surface area is 159 Å². The fourth-order valence-corrected chi connectivity index (χ4v) is 4.23. The zero-order valence-corrected chi connectivity index (χ0v) is 15.6. The van der Waals surface area contributed by atoms with Gasteiger partial charge in [0, 0.05) is 33.2 Å². The van der Waals surface area contributed by atoms with Crippen molar-refractivity contribution in [3.63, 3.8) is 0 Å². The number of nitrogens with zero attached hydrogens (tertiary/aromatic N) is 2. The van der Waals surface area contributed by atoms with Gasteiger partial charge < -0.3 is 10.2 Å². The molecule has 0 spiro atoms. The number of carbonyl (C=O) groups excluding carboxylic acids is 2. The summed E-state index contributed by atoms with van der Waals surface area (Å²) in [5, 5.41) is 6.05. The highest BCUT2D eigenvalue weighted by atomic mass is 35.5. The van der Waals surface area contributed by atoms with Gasteiger partial charge in [0.15, 0.2) is 0 Å². The minimum atomic E-state index is -0.899. The molecule has 1 aromatic carbocycles. The third-order valence-corrected chi connectivity index (χ3v) is 6.03. The molecule has 3 heterocycles. The van der Waals surface area contributed by atoms with E-state index in [1.165, 1.54) is 17.5 Å². The molecule has 1 aliphatic heterocycles. The Morgan fingerprint density at radius 3 is 2.85 bits per heavy atom. The molecule has 0 bridgehead atoms. The van der Waals surface area contributed by atoms with Crippen LogP contribution < -0.4 is 5.32 Å². The lowest BCUT2D eigenvalue weighted by molar-refractivity contribution is -0.132. The van der Waals surface area contributed by atoms with E-state index < -0.39 is 5.54 Å². The smallest absolute Gasteiger partial charge is 0.256 e. The number of anilines is 1. The molecule has 1 N–H and O–H groups in total. The summed E-state index contributed by atoms with van der Waals surface area (Å²) in [6, 6.07) is 11.0. The molecule has 26 heavy (non-hydrogen) atoms. The number of aromatic nitrogens is 1.